The average molecular weight is 237 g/mol. The summed E-state index contributed by atoms with van der Waals surface area (Å²) in [4.78, 5) is 4.13. The van der Waals surface area contributed by atoms with Gasteiger partial charge in [-0.15, -0.1) is 0 Å². The molecular formula is C11H9F2N3O. The Bertz CT molecular complexity index is 578. The highest BCUT2D eigenvalue weighted by Gasteiger charge is 2.29. The van der Waals surface area contributed by atoms with Gasteiger partial charge in [0.15, 0.2) is 17.5 Å². The van der Waals surface area contributed by atoms with E-state index >= 15 is 0 Å². The summed E-state index contributed by atoms with van der Waals surface area (Å²) in [5.74, 6) is -0.917. The van der Waals surface area contributed by atoms with Gasteiger partial charge in [-0.05, 0) is 18.9 Å². The van der Waals surface area contributed by atoms with E-state index < -0.39 is 11.6 Å². The molecule has 0 bridgehead atoms. The van der Waals surface area contributed by atoms with E-state index in [1.165, 1.54) is 0 Å². The first-order valence-corrected chi connectivity index (χ1v) is 5.23. The number of benzene rings is 1. The van der Waals surface area contributed by atoms with Crippen LogP contribution in [0.4, 0.5) is 14.5 Å². The maximum atomic E-state index is 13.1. The van der Waals surface area contributed by atoms with Crippen LogP contribution >= 0.6 is 0 Å². The number of anilines is 1. The number of hydrogen-bond donors (Lipinski definition) is 1. The number of nitrogens with two attached hydrogens (primary N) is 1. The van der Waals surface area contributed by atoms with Crippen LogP contribution in [0.25, 0.3) is 11.5 Å². The molecule has 0 radical (unpaired) electrons. The molecule has 1 aliphatic carbocycles. The molecule has 0 spiro atoms. The lowest BCUT2D eigenvalue weighted by Gasteiger charge is -2.01. The molecule has 4 nitrogen and oxygen atoms in total. The second kappa shape index (κ2) is 3.51. The van der Waals surface area contributed by atoms with Gasteiger partial charge in [-0.3, -0.25) is 0 Å². The Morgan fingerprint density at radius 1 is 1.24 bits per heavy atom. The summed E-state index contributed by atoms with van der Waals surface area (Å²) in [6.45, 7) is 0. The second-order valence-corrected chi connectivity index (χ2v) is 4.09. The van der Waals surface area contributed by atoms with Gasteiger partial charge in [-0.25, -0.2) is 8.78 Å². The van der Waals surface area contributed by atoms with Crippen molar-refractivity contribution in [2.45, 2.75) is 18.8 Å². The highest BCUT2D eigenvalue weighted by Crippen LogP contribution is 2.39. The van der Waals surface area contributed by atoms with Crippen LogP contribution in [0.15, 0.2) is 16.7 Å². The van der Waals surface area contributed by atoms with Crippen LogP contribution in [-0.4, -0.2) is 10.1 Å². The number of aromatic nitrogens is 2. The van der Waals surface area contributed by atoms with Gasteiger partial charge in [0.05, 0.1) is 5.56 Å². The highest BCUT2D eigenvalue weighted by atomic mass is 19.2. The normalized spacial score (nSPS) is 15.2. The molecule has 0 unspecified atom stereocenters. The Hall–Kier alpha value is -1.98. The topological polar surface area (TPSA) is 64.9 Å². The van der Waals surface area contributed by atoms with Crippen LogP contribution < -0.4 is 5.73 Å². The molecule has 0 amide bonds. The molecule has 17 heavy (non-hydrogen) atoms. The molecule has 6 heteroatoms. The lowest BCUT2D eigenvalue weighted by Crippen LogP contribution is -1.95. The zero-order valence-electron chi connectivity index (χ0n) is 8.78. The first-order valence-electron chi connectivity index (χ1n) is 5.23. The van der Waals surface area contributed by atoms with Gasteiger partial charge >= 0.3 is 0 Å². The van der Waals surface area contributed by atoms with Crippen LogP contribution in [-0.2, 0) is 0 Å². The van der Waals surface area contributed by atoms with Gasteiger partial charge in [-0.2, -0.15) is 4.98 Å². The molecule has 0 aliphatic heterocycles. The molecule has 3 rings (SSSR count). The van der Waals surface area contributed by atoms with E-state index in [-0.39, 0.29) is 17.1 Å². The Morgan fingerprint density at radius 3 is 2.65 bits per heavy atom. The third-order valence-corrected chi connectivity index (χ3v) is 2.71. The van der Waals surface area contributed by atoms with E-state index in [0.717, 1.165) is 25.0 Å². The maximum absolute atomic E-state index is 13.1. The Morgan fingerprint density at radius 2 is 1.94 bits per heavy atom. The first kappa shape index (κ1) is 10.2. The molecule has 1 aromatic carbocycles. The molecule has 1 fully saturated rings. The Balaban J connectivity index is 2.04. The molecule has 1 aromatic heterocycles. The van der Waals surface area contributed by atoms with E-state index in [4.69, 9.17) is 10.3 Å². The summed E-state index contributed by atoms with van der Waals surface area (Å²) in [7, 11) is 0. The molecule has 0 saturated heterocycles. The summed E-state index contributed by atoms with van der Waals surface area (Å²) in [5.41, 5.74) is 5.89. The third kappa shape index (κ3) is 1.75. The fourth-order valence-electron chi connectivity index (χ4n) is 1.60. The second-order valence-electron chi connectivity index (χ2n) is 4.09. The van der Waals surface area contributed by atoms with E-state index in [1.54, 1.807) is 0 Å². The van der Waals surface area contributed by atoms with Crippen LogP contribution in [0.3, 0.4) is 0 Å². The quantitative estimate of drug-likeness (QED) is 0.815. The Kier molecular flexibility index (Phi) is 2.10. The molecule has 0 atom stereocenters. The third-order valence-electron chi connectivity index (χ3n) is 2.71. The minimum atomic E-state index is -0.992. The van der Waals surface area contributed by atoms with Gasteiger partial charge in [0.25, 0.3) is 5.89 Å². The summed E-state index contributed by atoms with van der Waals surface area (Å²) in [5, 5.41) is 3.79. The molecule has 1 saturated carbocycles. The predicted molar refractivity (Wildman–Crippen MR) is 56.0 cm³/mol. The number of nitrogens with zero attached hydrogens (tertiary/aromatic N) is 2. The Labute approximate surface area is 95.4 Å². The van der Waals surface area contributed by atoms with E-state index in [2.05, 4.69) is 10.1 Å². The fraction of sp³-hybridized carbons (Fsp3) is 0.273. The average Bonchev–Trinajstić information content (AvgIpc) is 3.03. The minimum absolute atomic E-state index is 0.0786. The van der Waals surface area contributed by atoms with Gasteiger partial charge in [0.2, 0.25) is 0 Å². The fourth-order valence-corrected chi connectivity index (χ4v) is 1.60. The van der Waals surface area contributed by atoms with Gasteiger partial charge in [-0.1, -0.05) is 5.16 Å². The van der Waals surface area contributed by atoms with E-state index in [0.29, 0.717) is 11.7 Å². The van der Waals surface area contributed by atoms with E-state index in [9.17, 15) is 8.78 Å². The molecular weight excluding hydrogens is 228 g/mol. The number of hydrogen-bond acceptors (Lipinski definition) is 4. The van der Waals surface area contributed by atoms with Crippen LogP contribution in [0, 0.1) is 11.6 Å². The molecule has 1 heterocycles. The standard InChI is InChI=1S/C11H9F2N3O/c12-7-3-6(9(14)4-8(7)13)11-15-10(16-17-11)5-1-2-5/h3-5H,1-2,14H2. The van der Waals surface area contributed by atoms with Crippen LogP contribution in [0.2, 0.25) is 0 Å². The first-order chi connectivity index (χ1) is 8.15. The predicted octanol–water partition coefficient (Wildman–Crippen LogP) is 2.47. The van der Waals surface area contributed by atoms with Crippen molar-refractivity contribution >= 4 is 5.69 Å². The van der Waals surface area contributed by atoms with Gasteiger partial charge < -0.3 is 10.3 Å². The lowest BCUT2D eigenvalue weighted by atomic mass is 10.1. The maximum Gasteiger partial charge on any atom is 0.260 e. The van der Waals surface area contributed by atoms with Crippen molar-refractivity contribution in [3.8, 4) is 11.5 Å². The largest absolute Gasteiger partial charge is 0.398 e. The molecule has 88 valence electrons. The van der Waals surface area contributed by atoms with Crippen molar-refractivity contribution in [1.29, 1.82) is 0 Å². The van der Waals surface area contributed by atoms with E-state index in [1.807, 2.05) is 0 Å². The molecule has 2 aromatic rings. The molecule has 2 N–H and O–H groups in total. The zero-order chi connectivity index (χ0) is 12.0. The summed E-state index contributed by atoms with van der Waals surface area (Å²) >= 11 is 0. The van der Waals surface area contributed by atoms with Crippen molar-refractivity contribution in [3.63, 3.8) is 0 Å². The summed E-state index contributed by atoms with van der Waals surface area (Å²) < 4.78 is 31.0. The van der Waals surface area contributed by atoms with Crippen molar-refractivity contribution in [3.05, 3.63) is 29.6 Å². The number of halogens is 2. The summed E-state index contributed by atoms with van der Waals surface area (Å²) in [6, 6.07) is 1.88. The van der Waals surface area contributed by atoms with Crippen LogP contribution in [0.1, 0.15) is 24.6 Å². The van der Waals surface area contributed by atoms with Crippen LogP contribution in [0.5, 0.6) is 0 Å². The van der Waals surface area contributed by atoms with Crippen molar-refractivity contribution < 1.29 is 13.3 Å². The molecule has 1 aliphatic rings. The lowest BCUT2D eigenvalue weighted by molar-refractivity contribution is 0.422. The zero-order valence-corrected chi connectivity index (χ0v) is 8.78. The van der Waals surface area contributed by atoms with Crippen molar-refractivity contribution in [2.24, 2.45) is 0 Å². The van der Waals surface area contributed by atoms with Crippen molar-refractivity contribution in [2.75, 3.05) is 5.73 Å². The van der Waals surface area contributed by atoms with Crippen molar-refractivity contribution in [1.82, 2.24) is 10.1 Å². The smallest absolute Gasteiger partial charge is 0.260 e. The monoisotopic (exact) mass is 237 g/mol. The van der Waals surface area contributed by atoms with Gasteiger partial charge in [0, 0.05) is 17.7 Å². The highest BCUT2D eigenvalue weighted by molar-refractivity contribution is 5.70. The number of nitrogen functional groups attached to an aromatic ring is 1. The number of rotatable bonds is 2. The SMILES string of the molecule is Nc1cc(F)c(F)cc1-c1nc(C2CC2)no1. The van der Waals surface area contributed by atoms with Gasteiger partial charge in [0.1, 0.15) is 0 Å². The summed E-state index contributed by atoms with van der Waals surface area (Å²) in [6.07, 6.45) is 2.07. The minimum Gasteiger partial charge on any atom is -0.398 e.